The Morgan fingerprint density at radius 1 is 1.24 bits per heavy atom. The number of ketones is 1. The average molecular weight is 285 g/mol. The fourth-order valence-electron chi connectivity index (χ4n) is 3.23. The van der Waals surface area contributed by atoms with Crippen LogP contribution in [0.3, 0.4) is 0 Å². The molecule has 4 nitrogen and oxygen atoms in total. The molecule has 0 radical (unpaired) electrons. The summed E-state index contributed by atoms with van der Waals surface area (Å²) in [5.41, 5.74) is 2.55. The molecule has 1 amide bonds. The maximum atomic E-state index is 12.3. The number of nitrogens with one attached hydrogen (secondary N) is 1. The number of allylic oxidation sites excluding steroid dienone is 2. The molecule has 1 heterocycles. The van der Waals surface area contributed by atoms with Gasteiger partial charge in [0, 0.05) is 35.6 Å². The lowest BCUT2D eigenvalue weighted by atomic mass is 9.78. The van der Waals surface area contributed by atoms with E-state index in [0.29, 0.717) is 19.4 Å². The number of ether oxygens (including phenoxy) is 1. The standard InChI is InChI=1S/C17H19NO3/c1-2-21-15-9-4-3-6-11(15)12-10-16(20)18-13-7-5-8-14(19)17(12)13/h3-4,6,9,12H,2,5,7-8,10H2,1H3,(H,18,20)/t12-/m1/s1. The van der Waals surface area contributed by atoms with Gasteiger partial charge in [0.15, 0.2) is 5.78 Å². The smallest absolute Gasteiger partial charge is 0.225 e. The number of benzene rings is 1. The second kappa shape index (κ2) is 5.72. The van der Waals surface area contributed by atoms with E-state index in [1.165, 1.54) is 0 Å². The first-order valence-corrected chi connectivity index (χ1v) is 7.48. The number of amides is 1. The van der Waals surface area contributed by atoms with Gasteiger partial charge in [0.05, 0.1) is 6.61 Å². The van der Waals surface area contributed by atoms with Gasteiger partial charge in [-0.05, 0) is 25.8 Å². The van der Waals surface area contributed by atoms with E-state index >= 15 is 0 Å². The number of carbonyl (C=O) groups is 2. The van der Waals surface area contributed by atoms with Gasteiger partial charge in [0.2, 0.25) is 5.91 Å². The fourth-order valence-corrected chi connectivity index (χ4v) is 3.23. The number of hydrogen-bond donors (Lipinski definition) is 1. The Balaban J connectivity index is 2.07. The van der Waals surface area contributed by atoms with Gasteiger partial charge in [0.25, 0.3) is 0 Å². The lowest BCUT2D eigenvalue weighted by Gasteiger charge is -2.31. The molecule has 4 heteroatoms. The van der Waals surface area contributed by atoms with Crippen molar-refractivity contribution in [3.8, 4) is 5.75 Å². The van der Waals surface area contributed by atoms with Crippen LogP contribution in [0.15, 0.2) is 35.5 Å². The Morgan fingerprint density at radius 2 is 2.05 bits per heavy atom. The largest absolute Gasteiger partial charge is 0.494 e. The van der Waals surface area contributed by atoms with E-state index < -0.39 is 0 Å². The fraction of sp³-hybridized carbons (Fsp3) is 0.412. The van der Waals surface area contributed by atoms with Crippen molar-refractivity contribution in [1.82, 2.24) is 5.32 Å². The Kier molecular flexibility index (Phi) is 3.78. The first-order chi connectivity index (χ1) is 10.2. The summed E-state index contributed by atoms with van der Waals surface area (Å²) in [7, 11) is 0. The van der Waals surface area contributed by atoms with E-state index in [0.717, 1.165) is 35.4 Å². The number of rotatable bonds is 3. The van der Waals surface area contributed by atoms with Crippen molar-refractivity contribution in [3.05, 3.63) is 41.1 Å². The van der Waals surface area contributed by atoms with Gasteiger partial charge >= 0.3 is 0 Å². The summed E-state index contributed by atoms with van der Waals surface area (Å²) in [5, 5.41) is 2.88. The number of hydrogen-bond acceptors (Lipinski definition) is 3. The zero-order valence-electron chi connectivity index (χ0n) is 12.1. The topological polar surface area (TPSA) is 55.4 Å². The van der Waals surface area contributed by atoms with Crippen LogP contribution >= 0.6 is 0 Å². The molecule has 1 aliphatic heterocycles. The average Bonchev–Trinajstić information content (AvgIpc) is 2.47. The van der Waals surface area contributed by atoms with Gasteiger partial charge in [-0.1, -0.05) is 18.2 Å². The van der Waals surface area contributed by atoms with Crippen LogP contribution < -0.4 is 10.1 Å². The Hall–Kier alpha value is -2.10. The van der Waals surface area contributed by atoms with E-state index in [4.69, 9.17) is 4.74 Å². The van der Waals surface area contributed by atoms with Crippen LogP contribution in [0.2, 0.25) is 0 Å². The molecule has 1 aliphatic carbocycles. The molecule has 110 valence electrons. The molecule has 0 aromatic heterocycles. The van der Waals surface area contributed by atoms with Crippen molar-refractivity contribution < 1.29 is 14.3 Å². The number of para-hydroxylation sites is 1. The van der Waals surface area contributed by atoms with Crippen molar-refractivity contribution in [1.29, 1.82) is 0 Å². The highest BCUT2D eigenvalue weighted by molar-refractivity contribution is 6.01. The molecule has 1 aromatic rings. The molecule has 0 bridgehead atoms. The molecule has 0 unspecified atom stereocenters. The van der Waals surface area contributed by atoms with E-state index in [2.05, 4.69) is 5.32 Å². The molecule has 3 rings (SSSR count). The van der Waals surface area contributed by atoms with E-state index in [1.807, 2.05) is 31.2 Å². The zero-order valence-corrected chi connectivity index (χ0v) is 12.1. The maximum absolute atomic E-state index is 12.3. The molecule has 0 spiro atoms. The minimum atomic E-state index is -0.177. The summed E-state index contributed by atoms with van der Waals surface area (Å²) >= 11 is 0. The Labute approximate surface area is 124 Å². The minimum absolute atomic E-state index is 0.0141. The normalized spacial score (nSPS) is 21.9. The molecule has 2 aliphatic rings. The number of carbonyl (C=O) groups excluding carboxylic acids is 2. The quantitative estimate of drug-likeness (QED) is 0.929. The van der Waals surface area contributed by atoms with Gasteiger partial charge in [-0.3, -0.25) is 9.59 Å². The second-order valence-corrected chi connectivity index (χ2v) is 5.44. The summed E-state index contributed by atoms with van der Waals surface area (Å²) in [5.74, 6) is 0.738. The van der Waals surface area contributed by atoms with Crippen molar-refractivity contribution >= 4 is 11.7 Å². The highest BCUT2D eigenvalue weighted by Gasteiger charge is 2.35. The van der Waals surface area contributed by atoms with Crippen LogP contribution in [0.25, 0.3) is 0 Å². The predicted molar refractivity (Wildman–Crippen MR) is 79.0 cm³/mol. The predicted octanol–water partition coefficient (Wildman–Crippen LogP) is 2.70. The van der Waals surface area contributed by atoms with E-state index in [9.17, 15) is 9.59 Å². The van der Waals surface area contributed by atoms with Crippen LogP contribution in [0.1, 0.15) is 44.1 Å². The summed E-state index contributed by atoms with van der Waals surface area (Å²) in [6.45, 7) is 2.50. The minimum Gasteiger partial charge on any atom is -0.494 e. The summed E-state index contributed by atoms with van der Waals surface area (Å²) in [4.78, 5) is 24.3. The molecule has 0 saturated carbocycles. The van der Waals surface area contributed by atoms with E-state index in [-0.39, 0.29) is 17.6 Å². The molecule has 21 heavy (non-hydrogen) atoms. The van der Waals surface area contributed by atoms with Crippen molar-refractivity contribution in [3.63, 3.8) is 0 Å². The van der Waals surface area contributed by atoms with Crippen molar-refractivity contribution in [2.45, 2.75) is 38.5 Å². The van der Waals surface area contributed by atoms with Gasteiger partial charge in [0.1, 0.15) is 5.75 Å². The SMILES string of the molecule is CCOc1ccccc1[C@H]1CC(=O)NC2=C1C(=O)CCC2. The van der Waals surface area contributed by atoms with Gasteiger partial charge in [-0.25, -0.2) is 0 Å². The second-order valence-electron chi connectivity index (χ2n) is 5.44. The van der Waals surface area contributed by atoms with E-state index in [1.54, 1.807) is 0 Å². The third kappa shape index (κ3) is 2.58. The molecular formula is C17H19NO3. The van der Waals surface area contributed by atoms with Crippen molar-refractivity contribution in [2.24, 2.45) is 0 Å². The maximum Gasteiger partial charge on any atom is 0.225 e. The number of Topliss-reactive ketones (excluding diaryl/α,β-unsaturated/α-hetero) is 1. The van der Waals surface area contributed by atoms with Gasteiger partial charge < -0.3 is 10.1 Å². The highest BCUT2D eigenvalue weighted by atomic mass is 16.5. The molecule has 0 saturated heterocycles. The lowest BCUT2D eigenvalue weighted by molar-refractivity contribution is -0.122. The zero-order chi connectivity index (χ0) is 14.8. The van der Waals surface area contributed by atoms with Crippen LogP contribution in [-0.4, -0.2) is 18.3 Å². The first kappa shape index (κ1) is 13.9. The highest BCUT2D eigenvalue weighted by Crippen LogP contribution is 2.41. The third-order valence-corrected chi connectivity index (χ3v) is 4.08. The van der Waals surface area contributed by atoms with Gasteiger partial charge in [-0.2, -0.15) is 0 Å². The van der Waals surface area contributed by atoms with Crippen LogP contribution in [0.4, 0.5) is 0 Å². The van der Waals surface area contributed by atoms with Crippen LogP contribution in [0.5, 0.6) is 5.75 Å². The monoisotopic (exact) mass is 285 g/mol. The molecule has 1 N–H and O–H groups in total. The molecule has 1 aromatic carbocycles. The summed E-state index contributed by atoms with van der Waals surface area (Å²) in [6.07, 6.45) is 2.48. The van der Waals surface area contributed by atoms with Gasteiger partial charge in [-0.15, -0.1) is 0 Å². The third-order valence-electron chi connectivity index (χ3n) is 4.08. The molecule has 0 fully saturated rings. The van der Waals surface area contributed by atoms with Crippen LogP contribution in [-0.2, 0) is 9.59 Å². The molecular weight excluding hydrogens is 266 g/mol. The van der Waals surface area contributed by atoms with Crippen LogP contribution in [0, 0.1) is 0 Å². The lowest BCUT2D eigenvalue weighted by Crippen LogP contribution is -2.36. The Bertz CT molecular complexity index is 618. The summed E-state index contributed by atoms with van der Waals surface area (Å²) < 4.78 is 5.67. The Morgan fingerprint density at radius 3 is 2.86 bits per heavy atom. The summed E-state index contributed by atoms with van der Waals surface area (Å²) in [6, 6.07) is 7.70. The van der Waals surface area contributed by atoms with Crippen molar-refractivity contribution in [2.75, 3.05) is 6.61 Å². The molecule has 1 atom stereocenters. The first-order valence-electron chi connectivity index (χ1n) is 7.48.